The summed E-state index contributed by atoms with van der Waals surface area (Å²) in [4.78, 5) is 20.7. The Morgan fingerprint density at radius 2 is 2.00 bits per heavy atom. The maximum absolute atomic E-state index is 12.0. The third kappa shape index (κ3) is 3.65. The lowest BCUT2D eigenvalue weighted by molar-refractivity contribution is 0.102. The Morgan fingerprint density at radius 1 is 1.25 bits per heavy atom. The molecular weight excluding hydrogens is 254 g/mol. The summed E-state index contributed by atoms with van der Waals surface area (Å²) in [5.74, 6) is 0.335. The Hall–Kier alpha value is -2.69. The van der Waals surface area contributed by atoms with Crippen molar-refractivity contribution in [2.45, 2.75) is 6.92 Å². The van der Waals surface area contributed by atoms with Gasteiger partial charge >= 0.3 is 0 Å². The molecule has 20 heavy (non-hydrogen) atoms. The first kappa shape index (κ1) is 13.7. The lowest BCUT2D eigenvalue weighted by atomic mass is 10.1. The second-order valence-corrected chi connectivity index (χ2v) is 4.21. The lowest BCUT2D eigenvalue weighted by Gasteiger charge is -2.04. The number of nitrogens with one attached hydrogen (secondary N) is 1. The molecule has 5 nitrogen and oxygen atoms in total. The van der Waals surface area contributed by atoms with Crippen LogP contribution >= 0.6 is 0 Å². The summed E-state index contributed by atoms with van der Waals surface area (Å²) in [6.07, 6.45) is 3.28. The van der Waals surface area contributed by atoms with Crippen LogP contribution in [0.1, 0.15) is 21.5 Å². The van der Waals surface area contributed by atoms with E-state index in [2.05, 4.69) is 20.3 Å². The van der Waals surface area contributed by atoms with Crippen molar-refractivity contribution >= 4 is 17.9 Å². The SMILES string of the molecule is CO/N=C/c1ccc(C(=O)Nc2ccc(C)cn2)cc1. The van der Waals surface area contributed by atoms with Crippen LogP contribution in [0.15, 0.2) is 47.8 Å². The summed E-state index contributed by atoms with van der Waals surface area (Å²) in [6.45, 7) is 1.94. The van der Waals surface area contributed by atoms with Gasteiger partial charge in [0.1, 0.15) is 12.9 Å². The number of aryl methyl sites for hydroxylation is 1. The number of amides is 1. The number of carbonyl (C=O) groups is 1. The van der Waals surface area contributed by atoms with Gasteiger partial charge in [0.2, 0.25) is 0 Å². The monoisotopic (exact) mass is 269 g/mol. The van der Waals surface area contributed by atoms with Gasteiger partial charge in [-0.15, -0.1) is 0 Å². The Labute approximate surface area is 117 Å². The molecule has 2 rings (SSSR count). The van der Waals surface area contributed by atoms with Crippen LogP contribution in [0.2, 0.25) is 0 Å². The van der Waals surface area contributed by atoms with Crippen molar-refractivity contribution in [1.29, 1.82) is 0 Å². The predicted octanol–water partition coefficient (Wildman–Crippen LogP) is 2.62. The van der Waals surface area contributed by atoms with Crippen molar-refractivity contribution in [2.24, 2.45) is 5.16 Å². The molecule has 0 saturated carbocycles. The van der Waals surface area contributed by atoms with Gasteiger partial charge in [-0.25, -0.2) is 4.98 Å². The first-order chi connectivity index (χ1) is 9.69. The minimum Gasteiger partial charge on any atom is -0.399 e. The first-order valence-electron chi connectivity index (χ1n) is 6.09. The highest BCUT2D eigenvalue weighted by molar-refractivity contribution is 6.04. The molecule has 1 amide bonds. The number of rotatable bonds is 4. The Balaban J connectivity index is 2.05. The fourth-order valence-electron chi connectivity index (χ4n) is 1.56. The molecule has 0 aliphatic rings. The molecule has 0 aliphatic carbocycles. The number of benzene rings is 1. The molecule has 1 aromatic carbocycles. The zero-order valence-electron chi connectivity index (χ0n) is 11.3. The number of carbonyl (C=O) groups excluding carboxylic acids is 1. The van der Waals surface area contributed by atoms with Gasteiger partial charge in [-0.3, -0.25) is 4.79 Å². The molecule has 1 aromatic heterocycles. The number of oxime groups is 1. The van der Waals surface area contributed by atoms with E-state index < -0.39 is 0 Å². The quantitative estimate of drug-likeness (QED) is 0.685. The lowest BCUT2D eigenvalue weighted by Crippen LogP contribution is -2.12. The fraction of sp³-hybridized carbons (Fsp3) is 0.133. The largest absolute Gasteiger partial charge is 0.399 e. The average molecular weight is 269 g/mol. The van der Waals surface area contributed by atoms with Gasteiger partial charge in [-0.05, 0) is 36.2 Å². The molecule has 0 radical (unpaired) electrons. The molecule has 102 valence electrons. The van der Waals surface area contributed by atoms with Crippen LogP contribution in [-0.4, -0.2) is 24.2 Å². The number of hydrogen-bond donors (Lipinski definition) is 1. The van der Waals surface area contributed by atoms with Gasteiger partial charge in [0, 0.05) is 11.8 Å². The molecule has 1 heterocycles. The van der Waals surface area contributed by atoms with Gasteiger partial charge in [-0.2, -0.15) is 0 Å². The summed E-state index contributed by atoms with van der Waals surface area (Å²) < 4.78 is 0. The number of pyridine rings is 1. The van der Waals surface area contributed by atoms with Crippen molar-refractivity contribution in [2.75, 3.05) is 12.4 Å². The summed E-state index contributed by atoms with van der Waals surface area (Å²) in [5, 5.41) is 6.40. The molecule has 0 aliphatic heterocycles. The highest BCUT2D eigenvalue weighted by Crippen LogP contribution is 2.08. The number of aromatic nitrogens is 1. The zero-order valence-corrected chi connectivity index (χ0v) is 11.3. The van der Waals surface area contributed by atoms with Gasteiger partial charge in [0.05, 0.1) is 6.21 Å². The summed E-state index contributed by atoms with van der Waals surface area (Å²) in [5.41, 5.74) is 2.46. The zero-order chi connectivity index (χ0) is 14.4. The molecule has 0 atom stereocenters. The average Bonchev–Trinajstić information content (AvgIpc) is 2.48. The summed E-state index contributed by atoms with van der Waals surface area (Å²) >= 11 is 0. The molecule has 0 bridgehead atoms. The highest BCUT2D eigenvalue weighted by Gasteiger charge is 2.06. The predicted molar refractivity (Wildman–Crippen MR) is 78.0 cm³/mol. The first-order valence-corrected chi connectivity index (χ1v) is 6.09. The van der Waals surface area contributed by atoms with Crippen molar-refractivity contribution in [3.63, 3.8) is 0 Å². The molecular formula is C15H15N3O2. The van der Waals surface area contributed by atoms with Crippen molar-refractivity contribution in [1.82, 2.24) is 4.98 Å². The molecule has 0 fully saturated rings. The second kappa shape index (κ2) is 6.47. The van der Waals surface area contributed by atoms with Gasteiger partial charge in [-0.1, -0.05) is 23.4 Å². The number of nitrogens with zero attached hydrogens (tertiary/aromatic N) is 2. The third-order valence-corrected chi connectivity index (χ3v) is 2.63. The Morgan fingerprint density at radius 3 is 2.60 bits per heavy atom. The van der Waals surface area contributed by atoms with Gasteiger partial charge < -0.3 is 10.2 Å². The maximum Gasteiger partial charge on any atom is 0.256 e. The van der Waals surface area contributed by atoms with Crippen LogP contribution in [-0.2, 0) is 4.84 Å². The topological polar surface area (TPSA) is 63.6 Å². The number of anilines is 1. The van der Waals surface area contributed by atoms with E-state index >= 15 is 0 Å². The van der Waals surface area contributed by atoms with Crippen molar-refractivity contribution in [3.05, 3.63) is 59.3 Å². The molecule has 5 heteroatoms. The van der Waals surface area contributed by atoms with Gasteiger partial charge in [0.15, 0.2) is 0 Å². The third-order valence-electron chi connectivity index (χ3n) is 2.63. The molecule has 0 saturated heterocycles. The van der Waals surface area contributed by atoms with Crippen LogP contribution in [0.3, 0.4) is 0 Å². The summed E-state index contributed by atoms with van der Waals surface area (Å²) in [7, 11) is 1.48. The molecule has 0 spiro atoms. The van der Waals surface area contributed by atoms with Crippen LogP contribution in [0.5, 0.6) is 0 Å². The molecule has 1 N–H and O–H groups in total. The van der Waals surface area contributed by atoms with E-state index in [-0.39, 0.29) is 5.91 Å². The summed E-state index contributed by atoms with van der Waals surface area (Å²) in [6, 6.07) is 10.7. The van der Waals surface area contributed by atoms with E-state index in [1.165, 1.54) is 7.11 Å². The van der Waals surface area contributed by atoms with E-state index in [9.17, 15) is 4.79 Å². The Bertz CT molecular complexity index is 604. The minimum atomic E-state index is -0.198. The van der Waals surface area contributed by atoms with E-state index in [0.717, 1.165) is 11.1 Å². The maximum atomic E-state index is 12.0. The van der Waals surface area contributed by atoms with Crippen molar-refractivity contribution in [3.8, 4) is 0 Å². The van der Waals surface area contributed by atoms with E-state index in [0.29, 0.717) is 11.4 Å². The van der Waals surface area contributed by atoms with E-state index in [1.54, 1.807) is 42.7 Å². The van der Waals surface area contributed by atoms with Crippen LogP contribution in [0.25, 0.3) is 0 Å². The smallest absolute Gasteiger partial charge is 0.256 e. The van der Waals surface area contributed by atoms with Crippen LogP contribution < -0.4 is 5.32 Å². The van der Waals surface area contributed by atoms with E-state index in [4.69, 9.17) is 0 Å². The molecule has 0 unspecified atom stereocenters. The number of hydrogen-bond acceptors (Lipinski definition) is 4. The standard InChI is InChI=1S/C15H15N3O2/c1-11-3-8-14(16-9-11)18-15(19)13-6-4-12(5-7-13)10-17-20-2/h3-10H,1-2H3,(H,16,18,19)/b17-10+. The normalized spacial score (nSPS) is 10.5. The van der Waals surface area contributed by atoms with Crippen LogP contribution in [0.4, 0.5) is 5.82 Å². The molecule has 2 aromatic rings. The fourth-order valence-corrected chi connectivity index (χ4v) is 1.56. The minimum absolute atomic E-state index is 0.198. The Kier molecular flexibility index (Phi) is 4.44. The second-order valence-electron chi connectivity index (χ2n) is 4.21. The van der Waals surface area contributed by atoms with Crippen molar-refractivity contribution < 1.29 is 9.63 Å². The van der Waals surface area contributed by atoms with E-state index in [1.807, 2.05) is 13.0 Å². The van der Waals surface area contributed by atoms with Crippen LogP contribution in [0, 0.1) is 6.92 Å². The van der Waals surface area contributed by atoms with Gasteiger partial charge in [0.25, 0.3) is 5.91 Å². The highest BCUT2D eigenvalue weighted by atomic mass is 16.6.